The zero-order valence-corrected chi connectivity index (χ0v) is 22.8. The third kappa shape index (κ3) is 4.93. The Morgan fingerprint density at radius 3 is 2.43 bits per heavy atom. The number of likely N-dealkylation sites (N-methyl/N-ethyl adjacent to an activating group) is 1. The van der Waals surface area contributed by atoms with Crippen LogP contribution in [-0.2, 0) is 16.6 Å². The highest BCUT2D eigenvalue weighted by Gasteiger charge is 2.49. The molecule has 0 bridgehead atoms. The number of ether oxygens (including phenoxy) is 1. The van der Waals surface area contributed by atoms with E-state index in [1.807, 2.05) is 52.6 Å². The lowest BCUT2D eigenvalue weighted by Crippen LogP contribution is -2.65. The Morgan fingerprint density at radius 2 is 1.84 bits per heavy atom. The van der Waals surface area contributed by atoms with Crippen LogP contribution in [0.5, 0.6) is 5.75 Å². The number of amides is 3. The Balaban J connectivity index is 1.54. The Labute approximate surface area is 219 Å². The number of primary amides is 1. The summed E-state index contributed by atoms with van der Waals surface area (Å²) >= 11 is 0. The molecular formula is C28H41N5O4. The number of nitrogens with two attached hydrogens (primary N) is 1. The van der Waals surface area contributed by atoms with Crippen molar-refractivity contribution in [3.8, 4) is 5.75 Å². The molecule has 2 heterocycles. The number of rotatable bonds is 7. The number of nitrogens with one attached hydrogen (secondary N) is 1. The van der Waals surface area contributed by atoms with Gasteiger partial charge in [-0.2, -0.15) is 0 Å². The van der Waals surface area contributed by atoms with Crippen molar-refractivity contribution in [3.05, 3.63) is 30.0 Å². The fraction of sp³-hybridized carbons (Fsp3) is 0.607. The van der Waals surface area contributed by atoms with Gasteiger partial charge < -0.3 is 30.2 Å². The van der Waals surface area contributed by atoms with Crippen LogP contribution in [0, 0.1) is 11.8 Å². The van der Waals surface area contributed by atoms with Crippen LogP contribution >= 0.6 is 0 Å². The summed E-state index contributed by atoms with van der Waals surface area (Å²) in [5.74, 6) is -0.297. The Hall–Kier alpha value is -3.07. The van der Waals surface area contributed by atoms with E-state index in [0.29, 0.717) is 25.3 Å². The van der Waals surface area contributed by atoms with E-state index in [2.05, 4.69) is 5.32 Å². The van der Waals surface area contributed by atoms with Gasteiger partial charge in [0.15, 0.2) is 0 Å². The van der Waals surface area contributed by atoms with Gasteiger partial charge in [0.2, 0.25) is 11.8 Å². The molecule has 1 saturated carbocycles. The van der Waals surface area contributed by atoms with Crippen LogP contribution in [0.4, 0.5) is 0 Å². The minimum atomic E-state index is -1.13. The van der Waals surface area contributed by atoms with Crippen LogP contribution in [0.25, 0.3) is 10.9 Å². The van der Waals surface area contributed by atoms with Crippen LogP contribution in [0.15, 0.2) is 24.3 Å². The maximum Gasteiger partial charge on any atom is 0.270 e. The van der Waals surface area contributed by atoms with Crippen molar-refractivity contribution < 1.29 is 19.1 Å². The summed E-state index contributed by atoms with van der Waals surface area (Å²) in [7, 11) is 5.21. The third-order valence-corrected chi connectivity index (χ3v) is 8.71. The summed E-state index contributed by atoms with van der Waals surface area (Å²) in [6, 6.07) is 7.49. The largest absolute Gasteiger partial charge is 0.497 e. The van der Waals surface area contributed by atoms with Crippen LogP contribution in [0.2, 0.25) is 0 Å². The van der Waals surface area contributed by atoms with Gasteiger partial charge in [-0.05, 0) is 57.9 Å². The van der Waals surface area contributed by atoms with Crippen molar-refractivity contribution in [2.75, 3.05) is 33.8 Å². The molecule has 0 spiro atoms. The van der Waals surface area contributed by atoms with Gasteiger partial charge in [-0.25, -0.2) is 0 Å². The second kappa shape index (κ2) is 10.7. The fourth-order valence-electron chi connectivity index (χ4n) is 6.27. The molecule has 3 atom stereocenters. The molecule has 1 aromatic heterocycles. The number of piperazine rings is 1. The van der Waals surface area contributed by atoms with Gasteiger partial charge >= 0.3 is 0 Å². The van der Waals surface area contributed by atoms with E-state index in [1.54, 1.807) is 21.1 Å². The minimum Gasteiger partial charge on any atom is -0.497 e. The van der Waals surface area contributed by atoms with E-state index in [1.165, 1.54) is 0 Å². The standard InChI is InChI=1S/C28H41N5O4/c1-18-17-32(25(34)23-15-20-11-12-21(37-5)16-22(20)31(23)4)13-14-33(18)26(35)24(19-9-7-6-8-10-19)28(2,30-3)27(29)36/h11-12,15-16,18-19,24,30H,6-10,13-14,17H2,1-5H3,(H2,29,36)/t18-,24-,28?/m1/s1. The predicted octanol–water partition coefficient (Wildman–Crippen LogP) is 2.52. The zero-order chi connectivity index (χ0) is 26.9. The van der Waals surface area contributed by atoms with Gasteiger partial charge in [0.1, 0.15) is 17.0 Å². The molecule has 3 N–H and O–H groups in total. The van der Waals surface area contributed by atoms with Crippen LogP contribution < -0.4 is 15.8 Å². The van der Waals surface area contributed by atoms with E-state index >= 15 is 0 Å². The van der Waals surface area contributed by atoms with Crippen molar-refractivity contribution in [1.82, 2.24) is 19.7 Å². The average Bonchev–Trinajstić information content (AvgIpc) is 3.23. The molecule has 1 aliphatic heterocycles. The molecule has 1 saturated heterocycles. The molecule has 9 heteroatoms. The maximum absolute atomic E-state index is 14.1. The van der Waals surface area contributed by atoms with Crippen molar-refractivity contribution in [1.29, 1.82) is 0 Å². The first-order valence-corrected chi connectivity index (χ1v) is 13.3. The quantitative estimate of drug-likeness (QED) is 0.594. The van der Waals surface area contributed by atoms with Gasteiger partial charge in [-0.1, -0.05) is 19.3 Å². The molecule has 9 nitrogen and oxygen atoms in total. The second-order valence-electron chi connectivity index (χ2n) is 10.8. The Kier molecular flexibility index (Phi) is 7.83. The lowest BCUT2D eigenvalue weighted by atomic mass is 9.69. The Bertz CT molecular complexity index is 1170. The average molecular weight is 512 g/mol. The molecule has 2 fully saturated rings. The Morgan fingerprint density at radius 1 is 1.14 bits per heavy atom. The summed E-state index contributed by atoms with van der Waals surface area (Å²) in [6.45, 7) is 5.02. The van der Waals surface area contributed by atoms with E-state index in [9.17, 15) is 14.4 Å². The molecule has 0 radical (unpaired) electrons. The van der Waals surface area contributed by atoms with Crippen LogP contribution in [0.3, 0.4) is 0 Å². The number of carbonyl (C=O) groups excluding carboxylic acids is 3. The highest BCUT2D eigenvalue weighted by molar-refractivity contribution is 5.99. The molecule has 1 unspecified atom stereocenters. The number of fused-ring (bicyclic) bond motifs is 1. The molecule has 37 heavy (non-hydrogen) atoms. The first-order valence-electron chi connectivity index (χ1n) is 13.3. The number of aryl methyl sites for hydroxylation is 1. The van der Waals surface area contributed by atoms with Gasteiger partial charge in [-0.15, -0.1) is 0 Å². The fourth-order valence-corrected chi connectivity index (χ4v) is 6.27. The molecule has 2 aliphatic rings. The van der Waals surface area contributed by atoms with E-state index in [-0.39, 0.29) is 23.8 Å². The smallest absolute Gasteiger partial charge is 0.270 e. The first kappa shape index (κ1) is 27.0. The van der Waals surface area contributed by atoms with Gasteiger partial charge in [0.25, 0.3) is 5.91 Å². The number of methoxy groups -OCH3 is 1. The number of benzene rings is 1. The lowest BCUT2D eigenvalue weighted by molar-refractivity contribution is -0.149. The van der Waals surface area contributed by atoms with Crippen molar-refractivity contribution >= 4 is 28.6 Å². The van der Waals surface area contributed by atoms with Crippen molar-refractivity contribution in [2.45, 2.75) is 57.5 Å². The SMILES string of the molecule is CNC(C)(C(N)=O)[C@@H](C(=O)N1CCN(C(=O)c2cc3ccc(OC)cc3n2C)C[C@H]1C)C1CCCCC1. The van der Waals surface area contributed by atoms with Crippen molar-refractivity contribution in [3.63, 3.8) is 0 Å². The van der Waals surface area contributed by atoms with Gasteiger partial charge in [0.05, 0.1) is 18.5 Å². The summed E-state index contributed by atoms with van der Waals surface area (Å²) < 4.78 is 7.24. The summed E-state index contributed by atoms with van der Waals surface area (Å²) in [4.78, 5) is 43.8. The normalized spacial score (nSPS) is 21.5. The van der Waals surface area contributed by atoms with Crippen LogP contribution in [0.1, 0.15) is 56.4 Å². The molecule has 3 amide bonds. The molecule has 2 aromatic rings. The molecule has 1 aromatic carbocycles. The lowest BCUT2D eigenvalue weighted by Gasteiger charge is -2.46. The van der Waals surface area contributed by atoms with Gasteiger partial charge in [0, 0.05) is 44.2 Å². The molecular weight excluding hydrogens is 470 g/mol. The highest BCUT2D eigenvalue weighted by Crippen LogP contribution is 2.38. The second-order valence-corrected chi connectivity index (χ2v) is 10.8. The number of aromatic nitrogens is 1. The number of hydrogen-bond acceptors (Lipinski definition) is 5. The first-order chi connectivity index (χ1) is 17.6. The van der Waals surface area contributed by atoms with Crippen molar-refractivity contribution in [2.24, 2.45) is 24.6 Å². The predicted molar refractivity (Wildman–Crippen MR) is 143 cm³/mol. The summed E-state index contributed by atoms with van der Waals surface area (Å²) in [6.07, 6.45) is 5.10. The summed E-state index contributed by atoms with van der Waals surface area (Å²) in [5.41, 5.74) is 6.25. The summed E-state index contributed by atoms with van der Waals surface area (Å²) in [5, 5.41) is 4.06. The topological polar surface area (TPSA) is 110 Å². The van der Waals surface area contributed by atoms with Gasteiger partial charge in [-0.3, -0.25) is 14.4 Å². The molecule has 4 rings (SSSR count). The van der Waals surface area contributed by atoms with E-state index < -0.39 is 17.4 Å². The monoisotopic (exact) mass is 511 g/mol. The van der Waals surface area contributed by atoms with E-state index in [0.717, 1.165) is 48.8 Å². The number of nitrogens with zero attached hydrogens (tertiary/aromatic N) is 3. The highest BCUT2D eigenvalue weighted by atomic mass is 16.5. The molecule has 1 aliphatic carbocycles. The number of carbonyl (C=O) groups is 3. The van der Waals surface area contributed by atoms with Crippen LogP contribution in [-0.4, -0.2) is 77.5 Å². The maximum atomic E-state index is 14.1. The molecule has 202 valence electrons. The third-order valence-electron chi connectivity index (χ3n) is 8.71. The number of hydrogen-bond donors (Lipinski definition) is 2. The zero-order valence-electron chi connectivity index (χ0n) is 22.8. The van der Waals surface area contributed by atoms with E-state index in [4.69, 9.17) is 10.5 Å². The minimum absolute atomic E-state index is 0.0427.